The summed E-state index contributed by atoms with van der Waals surface area (Å²) in [6.45, 7) is 7.88. The zero-order valence-electron chi connectivity index (χ0n) is 16.9. The number of ether oxygens (including phenoxy) is 2. The fraction of sp³-hybridized carbons (Fsp3) is 0.550. The van der Waals surface area contributed by atoms with Crippen LogP contribution < -0.4 is 10.1 Å². The molecule has 1 fully saturated rings. The van der Waals surface area contributed by atoms with Crippen molar-refractivity contribution in [3.63, 3.8) is 0 Å². The van der Waals surface area contributed by atoms with E-state index in [9.17, 15) is 4.79 Å². The van der Waals surface area contributed by atoms with E-state index in [0.717, 1.165) is 37.2 Å². The number of nitrogens with zero attached hydrogens (tertiary/aromatic N) is 3. The SMILES string of the molecule is COc1ccc(-c2nnc(CN3CCC(NC(=O)OC(C)(C)C)CC3)o2)cc1. The third-order valence-electron chi connectivity index (χ3n) is 4.47. The van der Waals surface area contributed by atoms with Crippen molar-refractivity contribution < 1.29 is 18.7 Å². The Morgan fingerprint density at radius 1 is 1.21 bits per heavy atom. The lowest BCUT2D eigenvalue weighted by Crippen LogP contribution is -2.45. The number of piperidine rings is 1. The number of carbonyl (C=O) groups excluding carboxylic acids is 1. The van der Waals surface area contributed by atoms with Gasteiger partial charge in [-0.1, -0.05) is 0 Å². The normalized spacial score (nSPS) is 16.0. The first kappa shape index (κ1) is 20.1. The molecule has 0 spiro atoms. The third-order valence-corrected chi connectivity index (χ3v) is 4.47. The molecular formula is C20H28N4O4. The van der Waals surface area contributed by atoms with Crippen LogP contribution >= 0.6 is 0 Å². The lowest BCUT2D eigenvalue weighted by atomic mass is 10.1. The van der Waals surface area contributed by atoms with Crippen LogP contribution in [-0.2, 0) is 11.3 Å². The summed E-state index contributed by atoms with van der Waals surface area (Å²) < 4.78 is 16.3. The number of alkyl carbamates (subject to hydrolysis) is 1. The number of nitrogens with one attached hydrogen (secondary N) is 1. The van der Waals surface area contributed by atoms with Crippen LogP contribution in [0.3, 0.4) is 0 Å². The number of benzene rings is 1. The Morgan fingerprint density at radius 3 is 2.50 bits per heavy atom. The molecule has 152 valence electrons. The summed E-state index contributed by atoms with van der Waals surface area (Å²) >= 11 is 0. The maximum absolute atomic E-state index is 11.9. The number of rotatable bonds is 5. The Morgan fingerprint density at radius 2 is 1.89 bits per heavy atom. The van der Waals surface area contributed by atoms with Crippen molar-refractivity contribution in [1.29, 1.82) is 0 Å². The predicted molar refractivity (Wildman–Crippen MR) is 104 cm³/mol. The molecule has 0 unspecified atom stereocenters. The van der Waals surface area contributed by atoms with Crippen LogP contribution in [0.15, 0.2) is 28.7 Å². The van der Waals surface area contributed by atoms with E-state index in [2.05, 4.69) is 20.4 Å². The molecule has 1 saturated heterocycles. The molecule has 1 aliphatic heterocycles. The molecule has 1 N–H and O–H groups in total. The van der Waals surface area contributed by atoms with E-state index in [-0.39, 0.29) is 12.1 Å². The highest BCUT2D eigenvalue weighted by molar-refractivity contribution is 5.68. The number of methoxy groups -OCH3 is 1. The number of hydrogen-bond donors (Lipinski definition) is 1. The van der Waals surface area contributed by atoms with Gasteiger partial charge >= 0.3 is 6.09 Å². The Labute approximate surface area is 165 Å². The number of likely N-dealkylation sites (tertiary alicyclic amines) is 1. The summed E-state index contributed by atoms with van der Waals surface area (Å²) in [4.78, 5) is 14.1. The summed E-state index contributed by atoms with van der Waals surface area (Å²) in [6.07, 6.45) is 1.37. The molecule has 0 bridgehead atoms. The van der Waals surface area contributed by atoms with Crippen LogP contribution in [-0.4, -0.2) is 53.0 Å². The molecule has 1 aromatic heterocycles. The van der Waals surface area contributed by atoms with E-state index < -0.39 is 5.60 Å². The zero-order chi connectivity index (χ0) is 20.1. The maximum Gasteiger partial charge on any atom is 0.407 e. The Balaban J connectivity index is 1.47. The van der Waals surface area contributed by atoms with Gasteiger partial charge in [0.05, 0.1) is 13.7 Å². The molecule has 1 amide bonds. The average molecular weight is 388 g/mol. The fourth-order valence-electron chi connectivity index (χ4n) is 3.07. The summed E-state index contributed by atoms with van der Waals surface area (Å²) in [5.41, 5.74) is 0.379. The van der Waals surface area contributed by atoms with Crippen molar-refractivity contribution in [2.24, 2.45) is 0 Å². The van der Waals surface area contributed by atoms with E-state index in [1.807, 2.05) is 45.0 Å². The van der Waals surface area contributed by atoms with Gasteiger partial charge in [-0.25, -0.2) is 4.79 Å². The number of amides is 1. The molecule has 28 heavy (non-hydrogen) atoms. The maximum atomic E-state index is 11.9. The van der Waals surface area contributed by atoms with Gasteiger partial charge in [0.25, 0.3) is 0 Å². The molecule has 0 saturated carbocycles. The monoisotopic (exact) mass is 388 g/mol. The summed E-state index contributed by atoms with van der Waals surface area (Å²) in [5.74, 6) is 1.87. The van der Waals surface area contributed by atoms with Crippen LogP contribution in [0.25, 0.3) is 11.5 Å². The van der Waals surface area contributed by atoms with Gasteiger partial charge in [-0.05, 0) is 57.9 Å². The first-order valence-corrected chi connectivity index (χ1v) is 9.51. The van der Waals surface area contributed by atoms with Crippen LogP contribution in [0, 0.1) is 0 Å². The van der Waals surface area contributed by atoms with Crippen molar-refractivity contribution in [3.05, 3.63) is 30.2 Å². The Kier molecular flexibility index (Phi) is 6.18. The molecule has 0 atom stereocenters. The molecule has 0 aliphatic carbocycles. The first-order chi connectivity index (χ1) is 13.3. The molecule has 2 heterocycles. The van der Waals surface area contributed by atoms with Gasteiger partial charge in [0, 0.05) is 24.7 Å². The second-order valence-electron chi connectivity index (χ2n) is 7.93. The van der Waals surface area contributed by atoms with Gasteiger partial charge in [0.15, 0.2) is 0 Å². The smallest absolute Gasteiger partial charge is 0.407 e. The van der Waals surface area contributed by atoms with E-state index in [0.29, 0.717) is 18.3 Å². The van der Waals surface area contributed by atoms with Gasteiger partial charge in [0.2, 0.25) is 11.8 Å². The minimum absolute atomic E-state index is 0.128. The molecule has 2 aromatic rings. The van der Waals surface area contributed by atoms with Crippen LogP contribution in [0.4, 0.5) is 4.79 Å². The van der Waals surface area contributed by atoms with Gasteiger partial charge in [0.1, 0.15) is 11.4 Å². The van der Waals surface area contributed by atoms with Crippen molar-refractivity contribution in [2.75, 3.05) is 20.2 Å². The van der Waals surface area contributed by atoms with Gasteiger partial charge in [-0.15, -0.1) is 10.2 Å². The molecule has 0 radical (unpaired) electrons. The molecule has 1 aromatic carbocycles. The zero-order valence-corrected chi connectivity index (χ0v) is 16.9. The largest absolute Gasteiger partial charge is 0.497 e. The molecule has 3 rings (SSSR count). The predicted octanol–water partition coefficient (Wildman–Crippen LogP) is 3.23. The molecular weight excluding hydrogens is 360 g/mol. The summed E-state index contributed by atoms with van der Waals surface area (Å²) in [6, 6.07) is 7.64. The lowest BCUT2D eigenvalue weighted by molar-refractivity contribution is 0.0475. The van der Waals surface area contributed by atoms with Crippen molar-refractivity contribution in [2.45, 2.75) is 51.8 Å². The van der Waals surface area contributed by atoms with Crippen LogP contribution in [0.1, 0.15) is 39.5 Å². The second-order valence-corrected chi connectivity index (χ2v) is 7.93. The summed E-state index contributed by atoms with van der Waals surface area (Å²) in [5, 5.41) is 11.2. The van der Waals surface area contributed by atoms with Crippen LogP contribution in [0.5, 0.6) is 5.75 Å². The Bertz CT molecular complexity index is 774. The van der Waals surface area contributed by atoms with Gasteiger partial charge < -0.3 is 19.2 Å². The minimum atomic E-state index is -0.482. The minimum Gasteiger partial charge on any atom is -0.497 e. The van der Waals surface area contributed by atoms with Gasteiger partial charge in [-0.2, -0.15) is 0 Å². The topological polar surface area (TPSA) is 89.7 Å². The number of aromatic nitrogens is 2. The molecule has 8 heteroatoms. The van der Waals surface area contributed by atoms with Crippen molar-refractivity contribution >= 4 is 6.09 Å². The van der Waals surface area contributed by atoms with Gasteiger partial charge in [-0.3, -0.25) is 4.90 Å². The van der Waals surface area contributed by atoms with E-state index in [1.54, 1.807) is 7.11 Å². The van der Waals surface area contributed by atoms with Crippen LogP contribution in [0.2, 0.25) is 0 Å². The molecule has 1 aliphatic rings. The first-order valence-electron chi connectivity index (χ1n) is 9.51. The second kappa shape index (κ2) is 8.60. The van der Waals surface area contributed by atoms with E-state index >= 15 is 0 Å². The number of carbonyl (C=O) groups is 1. The fourth-order valence-corrected chi connectivity index (χ4v) is 3.07. The lowest BCUT2D eigenvalue weighted by Gasteiger charge is -2.31. The molecule has 8 nitrogen and oxygen atoms in total. The van der Waals surface area contributed by atoms with E-state index in [1.165, 1.54) is 0 Å². The highest BCUT2D eigenvalue weighted by Crippen LogP contribution is 2.22. The number of hydrogen-bond acceptors (Lipinski definition) is 7. The quantitative estimate of drug-likeness (QED) is 0.841. The van der Waals surface area contributed by atoms with Crippen molar-refractivity contribution in [3.8, 4) is 17.2 Å². The van der Waals surface area contributed by atoms with E-state index in [4.69, 9.17) is 13.9 Å². The average Bonchev–Trinajstić information content (AvgIpc) is 3.10. The summed E-state index contributed by atoms with van der Waals surface area (Å²) in [7, 11) is 1.63. The van der Waals surface area contributed by atoms with Crippen molar-refractivity contribution in [1.82, 2.24) is 20.4 Å². The Hall–Kier alpha value is -2.61. The highest BCUT2D eigenvalue weighted by atomic mass is 16.6. The standard InChI is InChI=1S/C20H28N4O4/c1-20(2,3)28-19(25)21-15-9-11-24(12-10-15)13-17-22-23-18(27-17)14-5-7-16(26-4)8-6-14/h5-8,15H,9-13H2,1-4H3,(H,21,25). The third kappa shape index (κ3) is 5.69. The highest BCUT2D eigenvalue weighted by Gasteiger charge is 2.24.